The third kappa shape index (κ3) is 6.35. The van der Waals surface area contributed by atoms with Gasteiger partial charge in [-0.05, 0) is 31.5 Å². The lowest BCUT2D eigenvalue weighted by Gasteiger charge is -2.21. The second kappa shape index (κ2) is 10.1. The van der Waals surface area contributed by atoms with Crippen molar-refractivity contribution < 1.29 is 18.3 Å². The molecule has 0 saturated carbocycles. The van der Waals surface area contributed by atoms with E-state index in [1.54, 1.807) is 23.5 Å². The number of benzene rings is 1. The van der Waals surface area contributed by atoms with Gasteiger partial charge in [-0.15, -0.1) is 11.3 Å². The van der Waals surface area contributed by atoms with Gasteiger partial charge < -0.3 is 19.7 Å². The van der Waals surface area contributed by atoms with Gasteiger partial charge in [0.2, 0.25) is 0 Å². The molecule has 1 aromatic heterocycles. The number of hydrogen-bond donors (Lipinski definition) is 1. The molecular weight excluding hydrogens is 374 g/mol. The number of guanidine groups is 1. The van der Waals surface area contributed by atoms with Crippen LogP contribution < -0.4 is 14.8 Å². The maximum Gasteiger partial charge on any atom is 0.387 e. The average Bonchev–Trinajstić information content (AvgIpc) is 3.03. The van der Waals surface area contributed by atoms with E-state index < -0.39 is 6.61 Å². The lowest BCUT2D eigenvalue weighted by Crippen LogP contribution is -2.38. The largest absolute Gasteiger partial charge is 0.493 e. The summed E-state index contributed by atoms with van der Waals surface area (Å²) in [5.41, 5.74) is 1.71. The molecular formula is C18H24F2N4O2S. The van der Waals surface area contributed by atoms with E-state index in [9.17, 15) is 8.78 Å². The predicted octanol–water partition coefficient (Wildman–Crippen LogP) is 3.66. The van der Waals surface area contributed by atoms with Crippen molar-refractivity contribution in [3.8, 4) is 11.5 Å². The van der Waals surface area contributed by atoms with Gasteiger partial charge in [-0.25, -0.2) is 9.98 Å². The first-order chi connectivity index (χ1) is 12.9. The van der Waals surface area contributed by atoms with Crippen LogP contribution in [0.1, 0.15) is 23.2 Å². The van der Waals surface area contributed by atoms with Gasteiger partial charge in [0.15, 0.2) is 17.5 Å². The fourth-order valence-electron chi connectivity index (χ4n) is 2.44. The highest BCUT2D eigenvalue weighted by Crippen LogP contribution is 2.29. The fraction of sp³-hybridized carbons (Fsp3) is 0.444. The number of thiazole rings is 1. The van der Waals surface area contributed by atoms with E-state index in [1.165, 1.54) is 13.2 Å². The Bertz CT molecular complexity index is 768. The zero-order valence-electron chi connectivity index (χ0n) is 15.8. The summed E-state index contributed by atoms with van der Waals surface area (Å²) in [6.07, 6.45) is 0. The van der Waals surface area contributed by atoms with E-state index in [0.29, 0.717) is 25.6 Å². The van der Waals surface area contributed by atoms with E-state index in [-0.39, 0.29) is 11.5 Å². The van der Waals surface area contributed by atoms with Gasteiger partial charge in [0.25, 0.3) is 0 Å². The fourth-order valence-corrected chi connectivity index (χ4v) is 3.05. The Morgan fingerprint density at radius 1 is 1.37 bits per heavy atom. The summed E-state index contributed by atoms with van der Waals surface area (Å²) < 4.78 is 34.7. The van der Waals surface area contributed by atoms with Gasteiger partial charge in [-0.1, -0.05) is 6.07 Å². The van der Waals surface area contributed by atoms with E-state index in [2.05, 4.69) is 20.0 Å². The topological polar surface area (TPSA) is 59.0 Å². The molecule has 1 heterocycles. The summed E-state index contributed by atoms with van der Waals surface area (Å²) in [6.45, 7) is 2.68. The zero-order chi connectivity index (χ0) is 19.8. The Morgan fingerprint density at radius 2 is 2.15 bits per heavy atom. The molecule has 0 aliphatic heterocycles. The molecule has 0 amide bonds. The van der Waals surface area contributed by atoms with Crippen LogP contribution >= 0.6 is 11.3 Å². The van der Waals surface area contributed by atoms with Crippen LogP contribution in [0, 0.1) is 6.92 Å². The van der Waals surface area contributed by atoms with Gasteiger partial charge in [0.1, 0.15) is 0 Å². The molecule has 0 fully saturated rings. The Labute approximate surface area is 161 Å². The molecule has 0 aliphatic carbocycles. The molecule has 148 valence electrons. The van der Waals surface area contributed by atoms with E-state index in [1.807, 2.05) is 31.2 Å². The summed E-state index contributed by atoms with van der Waals surface area (Å²) in [6, 6.07) is 4.88. The van der Waals surface area contributed by atoms with Crippen molar-refractivity contribution in [3.63, 3.8) is 0 Å². The SMILES string of the molecule is CCNC(=NCc1ccc(OC)c(OC(F)F)c1)N(C)Cc1csc(C)n1. The smallest absolute Gasteiger partial charge is 0.387 e. The van der Waals surface area contributed by atoms with Gasteiger partial charge in [0.05, 0.1) is 30.9 Å². The highest BCUT2D eigenvalue weighted by atomic mass is 32.1. The van der Waals surface area contributed by atoms with Crippen molar-refractivity contribution in [2.24, 2.45) is 4.99 Å². The quantitative estimate of drug-likeness (QED) is 0.543. The summed E-state index contributed by atoms with van der Waals surface area (Å²) in [5.74, 6) is 0.956. The van der Waals surface area contributed by atoms with Crippen molar-refractivity contribution in [3.05, 3.63) is 39.8 Å². The maximum atomic E-state index is 12.6. The Morgan fingerprint density at radius 3 is 2.74 bits per heavy atom. The van der Waals surface area contributed by atoms with Crippen molar-refractivity contribution >= 4 is 17.3 Å². The molecule has 2 rings (SSSR count). The molecule has 2 aromatic rings. The minimum absolute atomic E-state index is 0.00324. The van der Waals surface area contributed by atoms with Crippen LogP contribution in [0.3, 0.4) is 0 Å². The molecule has 0 saturated heterocycles. The lowest BCUT2D eigenvalue weighted by atomic mass is 10.2. The molecule has 0 radical (unpaired) electrons. The summed E-state index contributed by atoms with van der Waals surface area (Å²) in [5, 5.41) is 6.26. The second-order valence-corrected chi connectivity index (χ2v) is 6.81. The van der Waals surface area contributed by atoms with Crippen molar-refractivity contribution in [2.75, 3.05) is 20.7 Å². The van der Waals surface area contributed by atoms with Gasteiger partial charge in [0, 0.05) is 19.0 Å². The van der Waals surface area contributed by atoms with E-state index >= 15 is 0 Å². The summed E-state index contributed by atoms with van der Waals surface area (Å²) >= 11 is 1.61. The number of hydrogen-bond acceptors (Lipinski definition) is 5. The average molecular weight is 398 g/mol. The third-order valence-corrected chi connectivity index (χ3v) is 4.44. The van der Waals surface area contributed by atoms with Crippen molar-refractivity contribution in [2.45, 2.75) is 33.5 Å². The normalized spacial score (nSPS) is 11.6. The first kappa shape index (κ1) is 20.9. The zero-order valence-corrected chi connectivity index (χ0v) is 16.6. The maximum absolute atomic E-state index is 12.6. The van der Waals surface area contributed by atoms with Gasteiger partial charge in [-0.3, -0.25) is 0 Å². The van der Waals surface area contributed by atoms with Crippen molar-refractivity contribution in [1.82, 2.24) is 15.2 Å². The first-order valence-corrected chi connectivity index (χ1v) is 9.33. The number of alkyl halides is 2. The molecule has 0 atom stereocenters. The molecule has 0 spiro atoms. The van der Waals surface area contributed by atoms with Crippen LogP contribution in [0.5, 0.6) is 11.5 Å². The molecule has 1 N–H and O–H groups in total. The van der Waals surface area contributed by atoms with E-state index in [0.717, 1.165) is 16.3 Å². The minimum Gasteiger partial charge on any atom is -0.493 e. The number of aliphatic imine (C=N–C) groups is 1. The first-order valence-electron chi connectivity index (χ1n) is 8.45. The highest BCUT2D eigenvalue weighted by molar-refractivity contribution is 7.09. The van der Waals surface area contributed by atoms with Gasteiger partial charge >= 0.3 is 6.61 Å². The molecule has 0 aliphatic rings. The number of ether oxygens (including phenoxy) is 2. The minimum atomic E-state index is -2.91. The van der Waals surface area contributed by atoms with Crippen LogP contribution in [0.4, 0.5) is 8.78 Å². The monoisotopic (exact) mass is 398 g/mol. The standard InChI is InChI=1S/C18H24F2N4O2S/c1-5-21-18(24(3)10-14-11-27-12(2)23-14)22-9-13-6-7-15(25-4)16(8-13)26-17(19)20/h6-8,11,17H,5,9-10H2,1-4H3,(H,21,22). The van der Waals surface area contributed by atoms with E-state index in [4.69, 9.17) is 4.74 Å². The van der Waals surface area contributed by atoms with Crippen LogP contribution in [0.2, 0.25) is 0 Å². The van der Waals surface area contributed by atoms with Crippen molar-refractivity contribution in [1.29, 1.82) is 0 Å². The second-order valence-electron chi connectivity index (χ2n) is 5.75. The molecule has 6 nitrogen and oxygen atoms in total. The number of halogens is 2. The Kier molecular flexibility index (Phi) is 7.78. The molecule has 0 unspecified atom stereocenters. The molecule has 27 heavy (non-hydrogen) atoms. The van der Waals surface area contributed by atoms with Crippen LogP contribution in [-0.2, 0) is 13.1 Å². The molecule has 1 aromatic carbocycles. The van der Waals surface area contributed by atoms with Crippen LogP contribution in [0.25, 0.3) is 0 Å². The third-order valence-electron chi connectivity index (χ3n) is 3.62. The number of methoxy groups -OCH3 is 1. The summed E-state index contributed by atoms with van der Waals surface area (Å²) in [7, 11) is 3.33. The highest BCUT2D eigenvalue weighted by Gasteiger charge is 2.12. The summed E-state index contributed by atoms with van der Waals surface area (Å²) in [4.78, 5) is 11.0. The number of nitrogens with one attached hydrogen (secondary N) is 1. The lowest BCUT2D eigenvalue weighted by molar-refractivity contribution is -0.0512. The predicted molar refractivity (Wildman–Crippen MR) is 103 cm³/mol. The van der Waals surface area contributed by atoms with Gasteiger partial charge in [-0.2, -0.15) is 8.78 Å². The number of rotatable bonds is 8. The number of nitrogens with zero attached hydrogens (tertiary/aromatic N) is 3. The number of aromatic nitrogens is 1. The van der Waals surface area contributed by atoms with Crippen LogP contribution in [-0.4, -0.2) is 43.2 Å². The number of aryl methyl sites for hydroxylation is 1. The van der Waals surface area contributed by atoms with Crippen LogP contribution in [0.15, 0.2) is 28.6 Å². The Hall–Kier alpha value is -2.42. The molecule has 9 heteroatoms. The molecule has 0 bridgehead atoms. The Balaban J connectivity index is 2.13.